The molecule has 1 aromatic carbocycles. The zero-order chi connectivity index (χ0) is 15.8. The lowest BCUT2D eigenvalue weighted by molar-refractivity contribution is 0.241. The minimum Gasteiger partial charge on any atom is -0.294 e. The van der Waals surface area contributed by atoms with Gasteiger partial charge in [0.15, 0.2) is 9.84 Å². The van der Waals surface area contributed by atoms with E-state index in [0.29, 0.717) is 13.1 Å². The van der Waals surface area contributed by atoms with Crippen LogP contribution in [0.25, 0.3) is 11.3 Å². The number of rotatable bonds is 3. The van der Waals surface area contributed by atoms with Gasteiger partial charge in [-0.05, 0) is 13.8 Å². The quantitative estimate of drug-likeness (QED) is 0.865. The van der Waals surface area contributed by atoms with Crippen molar-refractivity contribution in [2.24, 2.45) is 0 Å². The third-order valence-electron chi connectivity index (χ3n) is 4.10. The highest BCUT2D eigenvalue weighted by molar-refractivity contribution is 7.92. The van der Waals surface area contributed by atoms with Gasteiger partial charge in [0.05, 0.1) is 22.7 Å². The highest BCUT2D eigenvalue weighted by Gasteiger charge is 2.40. The van der Waals surface area contributed by atoms with Crippen molar-refractivity contribution < 1.29 is 8.42 Å². The molecule has 0 N–H and O–H groups in total. The molecule has 4 nitrogen and oxygen atoms in total. The van der Waals surface area contributed by atoms with Gasteiger partial charge in [-0.2, -0.15) is 0 Å². The molecule has 1 saturated heterocycles. The van der Waals surface area contributed by atoms with Crippen molar-refractivity contribution in [3.63, 3.8) is 0 Å². The van der Waals surface area contributed by atoms with E-state index in [1.807, 2.05) is 32.0 Å². The Balaban J connectivity index is 1.72. The molecular formula is C16H20N2O2S2. The number of hydrogen-bond donors (Lipinski definition) is 0. The molecule has 6 heteroatoms. The summed E-state index contributed by atoms with van der Waals surface area (Å²) in [5.41, 5.74) is 2.11. The van der Waals surface area contributed by atoms with Gasteiger partial charge in [0.1, 0.15) is 5.01 Å². The van der Waals surface area contributed by atoms with E-state index in [4.69, 9.17) is 0 Å². The molecule has 1 aromatic heterocycles. The summed E-state index contributed by atoms with van der Waals surface area (Å²) in [5.74, 6) is 0.233. The van der Waals surface area contributed by atoms with E-state index < -0.39 is 14.6 Å². The number of benzene rings is 1. The van der Waals surface area contributed by atoms with E-state index >= 15 is 0 Å². The molecule has 2 heterocycles. The summed E-state index contributed by atoms with van der Waals surface area (Å²) < 4.78 is 23.4. The summed E-state index contributed by atoms with van der Waals surface area (Å²) in [4.78, 5) is 6.88. The van der Waals surface area contributed by atoms with E-state index in [0.717, 1.165) is 22.8 Å². The van der Waals surface area contributed by atoms with Crippen LogP contribution >= 0.6 is 11.3 Å². The molecule has 2 aromatic rings. The summed E-state index contributed by atoms with van der Waals surface area (Å²) in [6.45, 7) is 5.50. The Bertz CT molecular complexity index is 751. The topological polar surface area (TPSA) is 50.3 Å². The number of nitrogens with zero attached hydrogens (tertiary/aromatic N) is 2. The van der Waals surface area contributed by atoms with E-state index in [1.54, 1.807) is 11.3 Å². The maximum absolute atomic E-state index is 12.1. The monoisotopic (exact) mass is 336 g/mol. The van der Waals surface area contributed by atoms with Gasteiger partial charge >= 0.3 is 0 Å². The Morgan fingerprint density at radius 2 is 2.00 bits per heavy atom. The molecule has 0 aliphatic carbocycles. The average molecular weight is 336 g/mol. The molecule has 1 aliphatic rings. The first-order valence-electron chi connectivity index (χ1n) is 7.32. The van der Waals surface area contributed by atoms with E-state index in [9.17, 15) is 8.42 Å². The standard InChI is InChI=1S/C16H20N2O2S2/c1-16(2)12-18(8-9-22(16,19)20)10-15-17-14(11-21-15)13-6-4-3-5-7-13/h3-7,11H,8-10,12H2,1-2H3. The van der Waals surface area contributed by atoms with Crippen LogP contribution in [0.3, 0.4) is 0 Å². The first kappa shape index (κ1) is 15.6. The molecule has 0 amide bonds. The maximum Gasteiger partial charge on any atom is 0.157 e. The van der Waals surface area contributed by atoms with Crippen LogP contribution in [0.15, 0.2) is 35.7 Å². The highest BCUT2D eigenvalue weighted by Crippen LogP contribution is 2.27. The Kier molecular flexibility index (Phi) is 4.09. The van der Waals surface area contributed by atoms with Crippen molar-refractivity contribution in [1.29, 1.82) is 0 Å². The third kappa shape index (κ3) is 3.09. The lowest BCUT2D eigenvalue weighted by Crippen LogP contribution is -2.52. The first-order valence-corrected chi connectivity index (χ1v) is 9.85. The van der Waals surface area contributed by atoms with Gasteiger partial charge in [-0.3, -0.25) is 4.90 Å². The van der Waals surface area contributed by atoms with Crippen molar-refractivity contribution in [2.45, 2.75) is 25.1 Å². The van der Waals surface area contributed by atoms with Gasteiger partial charge in [-0.15, -0.1) is 11.3 Å². The molecule has 118 valence electrons. The molecule has 3 rings (SSSR count). The van der Waals surface area contributed by atoms with Crippen molar-refractivity contribution in [2.75, 3.05) is 18.8 Å². The fraction of sp³-hybridized carbons (Fsp3) is 0.438. The fourth-order valence-corrected chi connectivity index (χ4v) is 4.97. The van der Waals surface area contributed by atoms with Crippen LogP contribution in [0.5, 0.6) is 0 Å². The lowest BCUT2D eigenvalue weighted by Gasteiger charge is -2.37. The molecular weight excluding hydrogens is 316 g/mol. The first-order chi connectivity index (χ1) is 10.4. The van der Waals surface area contributed by atoms with Crippen LogP contribution in [0, 0.1) is 0 Å². The van der Waals surface area contributed by atoms with E-state index in [1.165, 1.54) is 0 Å². The molecule has 0 radical (unpaired) electrons. The number of thiazole rings is 1. The van der Waals surface area contributed by atoms with Gasteiger partial charge in [-0.25, -0.2) is 13.4 Å². The fourth-order valence-electron chi connectivity index (χ4n) is 2.69. The maximum atomic E-state index is 12.1. The van der Waals surface area contributed by atoms with Crippen LogP contribution in [0.4, 0.5) is 0 Å². The number of sulfone groups is 1. The zero-order valence-corrected chi connectivity index (χ0v) is 14.5. The molecule has 0 unspecified atom stereocenters. The predicted molar refractivity (Wildman–Crippen MR) is 90.7 cm³/mol. The molecule has 0 spiro atoms. The summed E-state index contributed by atoms with van der Waals surface area (Å²) >= 11 is 1.64. The summed E-state index contributed by atoms with van der Waals surface area (Å²) in [7, 11) is -2.98. The van der Waals surface area contributed by atoms with Gasteiger partial charge < -0.3 is 0 Å². The van der Waals surface area contributed by atoms with Gasteiger partial charge in [0.2, 0.25) is 0 Å². The molecule has 1 fully saturated rings. The molecule has 22 heavy (non-hydrogen) atoms. The number of aromatic nitrogens is 1. The number of hydrogen-bond acceptors (Lipinski definition) is 5. The average Bonchev–Trinajstić information content (AvgIpc) is 2.93. The van der Waals surface area contributed by atoms with Crippen molar-refractivity contribution in [3.8, 4) is 11.3 Å². The van der Waals surface area contributed by atoms with Crippen LogP contribution in [0.1, 0.15) is 18.9 Å². The van der Waals surface area contributed by atoms with Crippen LogP contribution in [-0.4, -0.2) is 41.9 Å². The van der Waals surface area contributed by atoms with Crippen LogP contribution in [0.2, 0.25) is 0 Å². The molecule has 0 bridgehead atoms. The molecule has 1 aliphatic heterocycles. The normalized spacial score (nSPS) is 20.8. The van der Waals surface area contributed by atoms with Gasteiger partial charge in [0.25, 0.3) is 0 Å². The third-order valence-corrected chi connectivity index (χ3v) is 7.47. The minimum absolute atomic E-state index is 0.233. The van der Waals surface area contributed by atoms with Gasteiger partial charge in [0, 0.05) is 24.0 Å². The predicted octanol–water partition coefficient (Wildman–Crippen LogP) is 2.82. The van der Waals surface area contributed by atoms with Crippen LogP contribution in [-0.2, 0) is 16.4 Å². The molecule has 0 saturated carbocycles. The summed E-state index contributed by atoms with van der Waals surface area (Å²) in [6, 6.07) is 10.1. The van der Waals surface area contributed by atoms with Crippen LogP contribution < -0.4 is 0 Å². The lowest BCUT2D eigenvalue weighted by atomic mass is 10.2. The van der Waals surface area contributed by atoms with Crippen molar-refractivity contribution in [3.05, 3.63) is 40.7 Å². The second kappa shape index (κ2) is 5.76. The van der Waals surface area contributed by atoms with E-state index in [-0.39, 0.29) is 5.75 Å². The molecule has 0 atom stereocenters. The second-order valence-electron chi connectivity index (χ2n) is 6.28. The van der Waals surface area contributed by atoms with E-state index in [2.05, 4.69) is 27.4 Å². The highest BCUT2D eigenvalue weighted by atomic mass is 32.2. The summed E-state index contributed by atoms with van der Waals surface area (Å²) in [5, 5.41) is 3.10. The SMILES string of the molecule is CC1(C)CN(Cc2nc(-c3ccccc3)cs2)CCS1(=O)=O. The zero-order valence-electron chi connectivity index (χ0n) is 12.8. The van der Waals surface area contributed by atoms with Crippen molar-refractivity contribution >= 4 is 21.2 Å². The second-order valence-corrected chi connectivity index (χ2v) is 9.97. The smallest absolute Gasteiger partial charge is 0.157 e. The Hall–Kier alpha value is -1.24. The largest absolute Gasteiger partial charge is 0.294 e. The van der Waals surface area contributed by atoms with Gasteiger partial charge in [-0.1, -0.05) is 30.3 Å². The summed E-state index contributed by atoms with van der Waals surface area (Å²) in [6.07, 6.45) is 0. The minimum atomic E-state index is -2.98. The van der Waals surface area contributed by atoms with Crippen molar-refractivity contribution in [1.82, 2.24) is 9.88 Å². The Morgan fingerprint density at radius 3 is 2.68 bits per heavy atom. The Labute approximate surface area is 135 Å². The Morgan fingerprint density at radius 1 is 1.27 bits per heavy atom.